The Kier molecular flexibility index (Phi) is 7.47. The van der Waals surface area contributed by atoms with Crippen molar-refractivity contribution < 1.29 is 23.5 Å². The van der Waals surface area contributed by atoms with E-state index in [9.17, 15) is 18.8 Å². The van der Waals surface area contributed by atoms with Crippen LogP contribution in [0.5, 0.6) is 0 Å². The molecule has 1 amide bonds. The van der Waals surface area contributed by atoms with E-state index in [1.807, 2.05) is 18.4 Å². The second-order valence-corrected chi connectivity index (χ2v) is 8.50. The van der Waals surface area contributed by atoms with Gasteiger partial charge >= 0.3 is 5.97 Å². The van der Waals surface area contributed by atoms with Crippen molar-refractivity contribution in [2.45, 2.75) is 26.3 Å². The summed E-state index contributed by atoms with van der Waals surface area (Å²) < 4.78 is 21.0. The lowest BCUT2D eigenvalue weighted by atomic mass is 10.00. The smallest absolute Gasteiger partial charge is 0.337 e. The third-order valence-electron chi connectivity index (χ3n) is 5.62. The number of esters is 1. The zero-order valence-electron chi connectivity index (χ0n) is 20.4. The number of aromatic nitrogens is 4. The Balaban J connectivity index is 1.50. The number of pyridine rings is 1. The van der Waals surface area contributed by atoms with Crippen molar-refractivity contribution in [1.29, 1.82) is 0 Å². The number of nitrogens with zero attached hydrogens (tertiary/aromatic N) is 4. The van der Waals surface area contributed by atoms with E-state index in [0.29, 0.717) is 28.2 Å². The minimum atomic E-state index is -0.730. The zero-order valence-corrected chi connectivity index (χ0v) is 20.4. The summed E-state index contributed by atoms with van der Waals surface area (Å²) in [6.45, 7) is 3.97. The molecular formula is C27H24FN5O4. The molecule has 9 nitrogen and oxygen atoms in total. The van der Waals surface area contributed by atoms with Gasteiger partial charge < -0.3 is 14.6 Å². The van der Waals surface area contributed by atoms with Gasteiger partial charge in [0.05, 0.1) is 18.2 Å². The molecule has 2 aromatic carbocycles. The van der Waals surface area contributed by atoms with Crippen LogP contribution < -0.4 is 5.32 Å². The van der Waals surface area contributed by atoms with Crippen LogP contribution in [0, 0.1) is 5.82 Å². The van der Waals surface area contributed by atoms with E-state index in [0.717, 1.165) is 6.07 Å². The number of rotatable bonds is 8. The van der Waals surface area contributed by atoms with Gasteiger partial charge in [-0.3, -0.25) is 9.59 Å². The molecule has 0 fully saturated rings. The van der Waals surface area contributed by atoms with Gasteiger partial charge in [0.1, 0.15) is 23.7 Å². The molecule has 0 aliphatic heterocycles. The predicted octanol–water partition coefficient (Wildman–Crippen LogP) is 4.52. The number of Topliss-reactive ketones (excluding diaryl/α,β-unsaturated/α-hetero) is 1. The first kappa shape index (κ1) is 25.4. The molecule has 0 aliphatic carbocycles. The van der Waals surface area contributed by atoms with E-state index in [-0.39, 0.29) is 29.6 Å². The maximum Gasteiger partial charge on any atom is 0.337 e. The molecule has 0 radical (unpaired) electrons. The Hall–Kier alpha value is -4.73. The third kappa shape index (κ3) is 5.75. The molecule has 2 heterocycles. The van der Waals surface area contributed by atoms with E-state index in [2.05, 4.69) is 25.2 Å². The Labute approximate surface area is 212 Å². The van der Waals surface area contributed by atoms with Gasteiger partial charge in [0, 0.05) is 18.0 Å². The minimum absolute atomic E-state index is 0.0588. The summed E-state index contributed by atoms with van der Waals surface area (Å²) in [5, 5.41) is 10.6. The van der Waals surface area contributed by atoms with Gasteiger partial charge in [-0.1, -0.05) is 24.3 Å². The number of hydrogen-bond acceptors (Lipinski definition) is 7. The molecule has 188 valence electrons. The van der Waals surface area contributed by atoms with Gasteiger partial charge in [-0.2, -0.15) is 0 Å². The Morgan fingerprint density at radius 3 is 2.46 bits per heavy atom. The van der Waals surface area contributed by atoms with Crippen LogP contribution in [0.15, 0.2) is 67.0 Å². The van der Waals surface area contributed by atoms with Crippen LogP contribution in [0.4, 0.5) is 10.2 Å². The Bertz CT molecular complexity index is 1460. The fourth-order valence-corrected chi connectivity index (χ4v) is 3.67. The predicted molar refractivity (Wildman–Crippen MR) is 134 cm³/mol. The number of carbonyl (C=O) groups is 3. The van der Waals surface area contributed by atoms with Crippen LogP contribution in [0.25, 0.3) is 11.5 Å². The minimum Gasteiger partial charge on any atom is -0.465 e. The molecule has 4 aromatic rings. The van der Waals surface area contributed by atoms with E-state index < -0.39 is 17.7 Å². The van der Waals surface area contributed by atoms with Crippen molar-refractivity contribution in [3.8, 4) is 11.5 Å². The molecule has 0 bridgehead atoms. The number of ether oxygens (including phenoxy) is 1. The quantitative estimate of drug-likeness (QED) is 0.279. The van der Waals surface area contributed by atoms with Crippen LogP contribution in [0.1, 0.15) is 56.5 Å². The number of amides is 1. The third-order valence-corrected chi connectivity index (χ3v) is 5.62. The maximum absolute atomic E-state index is 14.5. The molecule has 0 saturated heterocycles. The first-order valence-electron chi connectivity index (χ1n) is 11.4. The van der Waals surface area contributed by atoms with Crippen molar-refractivity contribution in [2.75, 3.05) is 12.4 Å². The van der Waals surface area contributed by atoms with Crippen molar-refractivity contribution in [2.24, 2.45) is 0 Å². The van der Waals surface area contributed by atoms with Gasteiger partial charge in [0.2, 0.25) is 0 Å². The summed E-state index contributed by atoms with van der Waals surface area (Å²) >= 11 is 0. The molecule has 0 aliphatic rings. The fraction of sp³-hybridized carbons (Fsp3) is 0.185. The van der Waals surface area contributed by atoms with Crippen LogP contribution in [-0.4, -0.2) is 44.5 Å². The molecule has 0 spiro atoms. The molecule has 0 atom stereocenters. The average molecular weight is 502 g/mol. The Morgan fingerprint density at radius 2 is 1.76 bits per heavy atom. The summed E-state index contributed by atoms with van der Waals surface area (Å²) in [6.07, 6.45) is 1.54. The number of ketones is 1. The summed E-state index contributed by atoms with van der Waals surface area (Å²) in [5.41, 5.74) is 1.44. The van der Waals surface area contributed by atoms with Gasteiger partial charge in [-0.05, 0) is 55.8 Å². The van der Waals surface area contributed by atoms with Crippen molar-refractivity contribution in [1.82, 2.24) is 19.7 Å². The van der Waals surface area contributed by atoms with Crippen molar-refractivity contribution in [3.05, 3.63) is 95.1 Å². The molecular weight excluding hydrogens is 477 g/mol. The number of hydrogen-bond donors (Lipinski definition) is 1. The molecule has 1 N–H and O–H groups in total. The first-order chi connectivity index (χ1) is 17.8. The van der Waals surface area contributed by atoms with Gasteiger partial charge in [-0.15, -0.1) is 10.2 Å². The highest BCUT2D eigenvalue weighted by Gasteiger charge is 2.17. The maximum atomic E-state index is 14.5. The largest absolute Gasteiger partial charge is 0.465 e. The van der Waals surface area contributed by atoms with Gasteiger partial charge in [0.15, 0.2) is 11.6 Å². The highest BCUT2D eigenvalue weighted by atomic mass is 19.1. The second-order valence-electron chi connectivity index (χ2n) is 8.50. The van der Waals surface area contributed by atoms with Crippen LogP contribution in [0.2, 0.25) is 0 Å². The first-order valence-corrected chi connectivity index (χ1v) is 11.4. The highest BCUT2D eigenvalue weighted by molar-refractivity contribution is 6.04. The van der Waals surface area contributed by atoms with E-state index >= 15 is 0 Å². The van der Waals surface area contributed by atoms with Crippen molar-refractivity contribution >= 4 is 23.5 Å². The molecule has 2 aromatic heterocycles. The fourth-order valence-electron chi connectivity index (χ4n) is 3.67. The van der Waals surface area contributed by atoms with Gasteiger partial charge in [-0.25, -0.2) is 14.2 Å². The van der Waals surface area contributed by atoms with Crippen LogP contribution in [-0.2, 0) is 11.2 Å². The summed E-state index contributed by atoms with van der Waals surface area (Å²) in [5.74, 6) is -1.44. The zero-order chi connectivity index (χ0) is 26.5. The lowest BCUT2D eigenvalue weighted by Crippen LogP contribution is -2.16. The van der Waals surface area contributed by atoms with Gasteiger partial charge in [0.25, 0.3) is 5.91 Å². The number of halogens is 1. The van der Waals surface area contributed by atoms with Crippen LogP contribution in [0.3, 0.4) is 0 Å². The molecule has 10 heteroatoms. The number of methoxy groups -OCH3 is 1. The molecule has 37 heavy (non-hydrogen) atoms. The number of nitrogens with one attached hydrogen (secondary N) is 1. The van der Waals surface area contributed by atoms with E-state index in [1.165, 1.54) is 43.5 Å². The SMILES string of the molecule is COC(=O)c1ccc(C(=O)Cc2ccc(F)c(C(=O)Nc3cccc(-c4nncn4C(C)C)n3)c2)cc1. The lowest BCUT2D eigenvalue weighted by molar-refractivity contribution is 0.0600. The second kappa shape index (κ2) is 10.9. The topological polar surface area (TPSA) is 116 Å². The van der Waals surface area contributed by atoms with Crippen LogP contribution >= 0.6 is 0 Å². The highest BCUT2D eigenvalue weighted by Crippen LogP contribution is 2.21. The summed E-state index contributed by atoms with van der Waals surface area (Å²) in [6, 6.07) is 15.1. The van der Waals surface area contributed by atoms with E-state index in [1.54, 1.807) is 24.5 Å². The number of anilines is 1. The Morgan fingerprint density at radius 1 is 1.03 bits per heavy atom. The van der Waals surface area contributed by atoms with E-state index in [4.69, 9.17) is 0 Å². The normalized spacial score (nSPS) is 10.8. The average Bonchev–Trinajstić information content (AvgIpc) is 3.40. The lowest BCUT2D eigenvalue weighted by Gasteiger charge is -2.11. The van der Waals surface area contributed by atoms with Crippen molar-refractivity contribution in [3.63, 3.8) is 0 Å². The summed E-state index contributed by atoms with van der Waals surface area (Å²) in [7, 11) is 1.27. The monoisotopic (exact) mass is 501 g/mol. The standard InChI is InChI=1S/C27H24FN5O4/c1-16(2)33-15-29-32-25(33)22-5-4-6-24(30-22)31-26(35)20-13-17(7-12-21(20)28)14-23(34)18-8-10-19(11-9-18)27(36)37-3/h4-13,15-16H,14H2,1-3H3,(H,30,31,35). The molecule has 0 unspecified atom stereocenters. The number of benzene rings is 2. The summed E-state index contributed by atoms with van der Waals surface area (Å²) in [4.78, 5) is 41.6. The molecule has 4 rings (SSSR count). The molecule has 0 saturated carbocycles. The number of carbonyl (C=O) groups excluding carboxylic acids is 3.